The van der Waals surface area contributed by atoms with E-state index in [-0.39, 0.29) is 0 Å². The first-order valence-corrected chi connectivity index (χ1v) is 5.93. The van der Waals surface area contributed by atoms with Gasteiger partial charge in [-0.3, -0.25) is 4.99 Å². The summed E-state index contributed by atoms with van der Waals surface area (Å²) in [5.41, 5.74) is 0. The van der Waals surface area contributed by atoms with E-state index in [1.54, 1.807) is 0 Å². The summed E-state index contributed by atoms with van der Waals surface area (Å²) in [5.74, 6) is 0.815. The van der Waals surface area contributed by atoms with Crippen LogP contribution in [0.1, 0.15) is 58.3 Å². The number of nitrogens with zero attached hydrogens (tertiary/aromatic N) is 1. The molecule has 13 heavy (non-hydrogen) atoms. The highest BCUT2D eigenvalue weighted by atomic mass is 14.7. The highest BCUT2D eigenvalue weighted by Gasteiger charge is 2.09. The monoisotopic (exact) mass is 181 g/mol. The van der Waals surface area contributed by atoms with E-state index in [2.05, 4.69) is 18.1 Å². The Kier molecular flexibility index (Phi) is 5.88. The molecule has 0 aromatic rings. The maximum absolute atomic E-state index is 4.51. The predicted octanol–water partition coefficient (Wildman–Crippen LogP) is 3.83. The van der Waals surface area contributed by atoms with Crippen molar-refractivity contribution in [3.8, 4) is 0 Å². The van der Waals surface area contributed by atoms with E-state index in [0.29, 0.717) is 0 Å². The fourth-order valence-corrected chi connectivity index (χ4v) is 1.96. The molecule has 76 valence electrons. The van der Waals surface area contributed by atoms with Crippen LogP contribution < -0.4 is 0 Å². The van der Waals surface area contributed by atoms with Crippen molar-refractivity contribution in [3.63, 3.8) is 0 Å². The van der Waals surface area contributed by atoms with Gasteiger partial charge < -0.3 is 0 Å². The molecule has 0 atom stereocenters. The molecule has 0 aromatic heterocycles. The molecule has 0 N–H and O–H groups in total. The van der Waals surface area contributed by atoms with Gasteiger partial charge in [0.15, 0.2) is 0 Å². The van der Waals surface area contributed by atoms with E-state index < -0.39 is 0 Å². The first-order chi connectivity index (χ1) is 6.43. The molecule has 1 rings (SSSR count). The Morgan fingerprint density at radius 1 is 1.15 bits per heavy atom. The zero-order valence-corrected chi connectivity index (χ0v) is 8.97. The van der Waals surface area contributed by atoms with Gasteiger partial charge in [-0.15, -0.1) is 0 Å². The minimum Gasteiger partial charge on any atom is -0.297 e. The van der Waals surface area contributed by atoms with Crippen molar-refractivity contribution in [2.75, 3.05) is 6.54 Å². The molecule has 1 nitrogen and oxygen atoms in total. The molecule has 0 aliphatic heterocycles. The number of aliphatic imine (C=N–C) groups is 1. The molecule has 0 radical (unpaired) electrons. The largest absolute Gasteiger partial charge is 0.297 e. The third-order valence-corrected chi connectivity index (χ3v) is 2.86. The van der Waals surface area contributed by atoms with Crippen molar-refractivity contribution < 1.29 is 0 Å². The molecule has 1 heteroatoms. The van der Waals surface area contributed by atoms with Crippen molar-refractivity contribution in [2.24, 2.45) is 10.9 Å². The first kappa shape index (κ1) is 10.7. The average molecular weight is 181 g/mol. The number of hydrogen-bond donors (Lipinski definition) is 0. The number of hydrogen-bond acceptors (Lipinski definition) is 1. The van der Waals surface area contributed by atoms with Crippen molar-refractivity contribution in [3.05, 3.63) is 0 Å². The van der Waals surface area contributed by atoms with Crippen LogP contribution in [0, 0.1) is 5.92 Å². The smallest absolute Gasteiger partial charge is 0.0385 e. The van der Waals surface area contributed by atoms with Crippen molar-refractivity contribution in [1.29, 1.82) is 0 Å². The molecule has 1 aliphatic rings. The van der Waals surface area contributed by atoms with Crippen molar-refractivity contribution >= 4 is 6.21 Å². The second-order valence-electron chi connectivity index (χ2n) is 4.16. The summed E-state index contributed by atoms with van der Waals surface area (Å²) in [4.78, 5) is 4.51. The Labute approximate surface area is 82.6 Å². The van der Waals surface area contributed by atoms with Crippen molar-refractivity contribution in [1.82, 2.24) is 0 Å². The standard InChI is InChI=1S/C12H23N/c1-2-3-7-10-13-11-12-8-5-4-6-9-12/h11-12H,2-10H2,1H3/b13-11+. The first-order valence-electron chi connectivity index (χ1n) is 5.93. The molecule has 0 aromatic carbocycles. The Hall–Kier alpha value is -0.330. The van der Waals surface area contributed by atoms with Gasteiger partial charge in [-0.1, -0.05) is 39.0 Å². The third-order valence-electron chi connectivity index (χ3n) is 2.86. The van der Waals surface area contributed by atoms with Gasteiger partial charge in [-0.25, -0.2) is 0 Å². The van der Waals surface area contributed by atoms with Gasteiger partial charge in [-0.2, -0.15) is 0 Å². The summed E-state index contributed by atoms with van der Waals surface area (Å²) < 4.78 is 0. The highest BCUT2D eigenvalue weighted by Crippen LogP contribution is 2.21. The Morgan fingerprint density at radius 2 is 1.92 bits per heavy atom. The van der Waals surface area contributed by atoms with Gasteiger partial charge in [0.05, 0.1) is 0 Å². The lowest BCUT2D eigenvalue weighted by atomic mass is 9.90. The SMILES string of the molecule is CCCCC/N=C/C1CCCCC1. The molecule has 1 fully saturated rings. The molecule has 0 unspecified atom stereocenters. The van der Waals surface area contributed by atoms with Crippen LogP contribution in [0.2, 0.25) is 0 Å². The van der Waals surface area contributed by atoms with Gasteiger partial charge in [-0.05, 0) is 25.2 Å². The lowest BCUT2D eigenvalue weighted by Crippen LogP contribution is -2.07. The number of unbranched alkanes of at least 4 members (excludes halogenated alkanes) is 2. The van der Waals surface area contributed by atoms with Crippen LogP contribution in [0.5, 0.6) is 0 Å². The van der Waals surface area contributed by atoms with Gasteiger partial charge in [0.1, 0.15) is 0 Å². The fourth-order valence-electron chi connectivity index (χ4n) is 1.96. The van der Waals surface area contributed by atoms with Crippen molar-refractivity contribution in [2.45, 2.75) is 58.3 Å². The van der Waals surface area contributed by atoms with E-state index in [9.17, 15) is 0 Å². The maximum Gasteiger partial charge on any atom is 0.0385 e. The van der Waals surface area contributed by atoms with Crippen LogP contribution in [0.25, 0.3) is 0 Å². The predicted molar refractivity (Wildman–Crippen MR) is 59.5 cm³/mol. The summed E-state index contributed by atoms with van der Waals surface area (Å²) in [6.07, 6.45) is 13.2. The molecule has 0 saturated heterocycles. The van der Waals surface area contributed by atoms with E-state index in [0.717, 1.165) is 12.5 Å². The summed E-state index contributed by atoms with van der Waals surface area (Å²) in [6, 6.07) is 0. The zero-order valence-electron chi connectivity index (χ0n) is 8.97. The molecule has 0 spiro atoms. The van der Waals surface area contributed by atoms with Crippen LogP contribution in [0.4, 0.5) is 0 Å². The topological polar surface area (TPSA) is 12.4 Å². The molecule has 1 aliphatic carbocycles. The van der Waals surface area contributed by atoms with E-state index in [1.165, 1.54) is 51.4 Å². The molecule has 0 amide bonds. The van der Waals surface area contributed by atoms with E-state index >= 15 is 0 Å². The van der Waals surface area contributed by atoms with Crippen LogP contribution in [-0.4, -0.2) is 12.8 Å². The third kappa shape index (κ3) is 5.07. The second-order valence-corrected chi connectivity index (χ2v) is 4.16. The summed E-state index contributed by atoms with van der Waals surface area (Å²) >= 11 is 0. The lowest BCUT2D eigenvalue weighted by Gasteiger charge is -2.16. The quantitative estimate of drug-likeness (QED) is 0.451. The summed E-state index contributed by atoms with van der Waals surface area (Å²) in [5, 5.41) is 0. The second kappa shape index (κ2) is 7.11. The van der Waals surface area contributed by atoms with Gasteiger partial charge in [0.2, 0.25) is 0 Å². The maximum atomic E-state index is 4.51. The molecule has 0 heterocycles. The van der Waals surface area contributed by atoms with Crippen LogP contribution >= 0.6 is 0 Å². The van der Waals surface area contributed by atoms with Crippen LogP contribution in [0.3, 0.4) is 0 Å². The molecular formula is C12H23N. The highest BCUT2D eigenvalue weighted by molar-refractivity contribution is 5.60. The Balaban J connectivity index is 2.01. The minimum absolute atomic E-state index is 0.815. The summed E-state index contributed by atoms with van der Waals surface area (Å²) in [7, 11) is 0. The lowest BCUT2D eigenvalue weighted by molar-refractivity contribution is 0.444. The molecule has 1 saturated carbocycles. The van der Waals surface area contributed by atoms with Gasteiger partial charge >= 0.3 is 0 Å². The summed E-state index contributed by atoms with van der Waals surface area (Å²) in [6.45, 7) is 3.30. The average Bonchev–Trinajstić information content (AvgIpc) is 2.19. The molecular weight excluding hydrogens is 158 g/mol. The van der Waals surface area contributed by atoms with Crippen LogP contribution in [0.15, 0.2) is 4.99 Å². The Morgan fingerprint density at radius 3 is 2.62 bits per heavy atom. The van der Waals surface area contributed by atoms with Gasteiger partial charge in [0, 0.05) is 12.8 Å². The number of rotatable bonds is 5. The van der Waals surface area contributed by atoms with E-state index in [1.807, 2.05) is 0 Å². The van der Waals surface area contributed by atoms with Gasteiger partial charge in [0.25, 0.3) is 0 Å². The normalized spacial score (nSPS) is 19.8. The van der Waals surface area contributed by atoms with Crippen LogP contribution in [-0.2, 0) is 0 Å². The fraction of sp³-hybridized carbons (Fsp3) is 0.917. The minimum atomic E-state index is 0.815. The van der Waals surface area contributed by atoms with E-state index in [4.69, 9.17) is 0 Å². The zero-order chi connectivity index (χ0) is 9.36. The molecule has 0 bridgehead atoms. The Bertz CT molecular complexity index is 134.